The molecule has 1 aliphatic heterocycles. The molecule has 0 spiro atoms. The fraction of sp³-hybridized carbons (Fsp3) is 0.359. The average Bonchev–Trinajstić information content (AvgIpc) is 3.56. The Labute approximate surface area is 291 Å². The van der Waals surface area contributed by atoms with E-state index < -0.39 is 46.8 Å². The normalized spacial score (nSPS) is 16.5. The van der Waals surface area contributed by atoms with Crippen molar-refractivity contribution in [1.82, 2.24) is 20.4 Å². The summed E-state index contributed by atoms with van der Waals surface area (Å²) in [5.41, 5.74) is 1.42. The highest BCUT2D eigenvalue weighted by Crippen LogP contribution is 2.47. The number of hydrogen-bond acceptors (Lipinski definition) is 7. The van der Waals surface area contributed by atoms with Crippen LogP contribution in [0.25, 0.3) is 0 Å². The van der Waals surface area contributed by atoms with Gasteiger partial charge in [-0.15, -0.1) is 0 Å². The number of benzene rings is 3. The van der Waals surface area contributed by atoms with E-state index in [0.29, 0.717) is 48.3 Å². The topological polar surface area (TPSA) is 131 Å². The SMILES string of the molecule is CCC(CC)(C(=O)OCc1ccccc1)[C@H]1CC[C@@H](c2cccc(F)c2)N1C(=O)[C@@H](C)NC(=O)c1ccc(Oc2cc(C)n[nH]c2=O)c(C)c1. The highest BCUT2D eigenvalue weighted by atomic mass is 19.1. The first-order valence-electron chi connectivity index (χ1n) is 16.9. The number of aryl methyl sites for hydroxylation is 2. The molecule has 1 fully saturated rings. The Morgan fingerprint density at radius 3 is 2.40 bits per heavy atom. The molecular formula is C39H43FN4O6. The number of carbonyl (C=O) groups is 3. The fourth-order valence-corrected chi connectivity index (χ4v) is 6.86. The van der Waals surface area contributed by atoms with Crippen molar-refractivity contribution < 1.29 is 28.2 Å². The number of nitrogens with one attached hydrogen (secondary N) is 2. The number of halogens is 1. The quantitative estimate of drug-likeness (QED) is 0.159. The lowest BCUT2D eigenvalue weighted by Crippen LogP contribution is -2.56. The Kier molecular flexibility index (Phi) is 11.1. The second kappa shape index (κ2) is 15.5. The molecule has 3 atom stereocenters. The van der Waals surface area contributed by atoms with E-state index in [0.717, 1.165) is 5.56 Å². The number of ether oxygens (including phenoxy) is 2. The number of aromatic amines is 1. The first kappa shape index (κ1) is 36.0. The number of aromatic nitrogens is 2. The molecular weight excluding hydrogens is 639 g/mol. The standard InChI is InChI=1S/C39H43FN4O6/c1-6-39(7-2,38(48)49-23-27-12-9-8-10-13-27)34-19-17-31(28-14-11-15-30(40)22-28)44(34)37(47)26(5)41-35(45)29-16-18-32(24(3)20-29)50-33-21-25(4)42-43-36(33)46/h8-16,18,20-22,26,31,34H,6-7,17,19,23H2,1-5H3,(H,41,45)(H,43,46)/t26-,31+,34-/m1/s1. The van der Waals surface area contributed by atoms with Crippen LogP contribution in [0.2, 0.25) is 0 Å². The summed E-state index contributed by atoms with van der Waals surface area (Å²) in [6.45, 7) is 9.00. The third kappa shape index (κ3) is 7.61. The zero-order valence-corrected chi connectivity index (χ0v) is 29.0. The van der Waals surface area contributed by atoms with Crippen LogP contribution in [-0.4, -0.2) is 45.0 Å². The molecule has 4 aromatic rings. The van der Waals surface area contributed by atoms with Crippen LogP contribution < -0.4 is 15.6 Å². The lowest BCUT2D eigenvalue weighted by Gasteiger charge is -2.43. The summed E-state index contributed by atoms with van der Waals surface area (Å²) in [5, 5.41) is 9.05. The van der Waals surface area contributed by atoms with Crippen LogP contribution in [0.4, 0.5) is 4.39 Å². The van der Waals surface area contributed by atoms with E-state index in [-0.39, 0.29) is 23.8 Å². The van der Waals surface area contributed by atoms with Crippen molar-refractivity contribution >= 4 is 17.8 Å². The second-order valence-electron chi connectivity index (χ2n) is 12.8. The molecule has 0 saturated carbocycles. The molecule has 2 heterocycles. The van der Waals surface area contributed by atoms with Gasteiger partial charge >= 0.3 is 11.5 Å². The minimum atomic E-state index is -1.03. The van der Waals surface area contributed by atoms with E-state index in [1.54, 1.807) is 56.0 Å². The molecule has 1 saturated heterocycles. The van der Waals surface area contributed by atoms with Crippen molar-refractivity contribution in [3.63, 3.8) is 0 Å². The number of carbonyl (C=O) groups excluding carboxylic acids is 3. The van der Waals surface area contributed by atoms with Crippen molar-refractivity contribution in [3.8, 4) is 11.5 Å². The van der Waals surface area contributed by atoms with Crippen LogP contribution >= 0.6 is 0 Å². The van der Waals surface area contributed by atoms with Crippen molar-refractivity contribution in [2.75, 3.05) is 0 Å². The average molecular weight is 683 g/mol. The smallest absolute Gasteiger partial charge is 0.314 e. The third-order valence-electron chi connectivity index (χ3n) is 9.66. The van der Waals surface area contributed by atoms with Crippen LogP contribution in [0.15, 0.2) is 83.7 Å². The van der Waals surface area contributed by atoms with E-state index in [1.165, 1.54) is 18.2 Å². The van der Waals surface area contributed by atoms with Crippen LogP contribution in [0.5, 0.6) is 11.5 Å². The second-order valence-corrected chi connectivity index (χ2v) is 12.8. The molecule has 1 aliphatic rings. The molecule has 262 valence electrons. The number of hydrogen-bond donors (Lipinski definition) is 2. The molecule has 0 unspecified atom stereocenters. The first-order chi connectivity index (χ1) is 24.0. The first-order valence-corrected chi connectivity index (χ1v) is 16.9. The van der Waals surface area contributed by atoms with Gasteiger partial charge in [0.1, 0.15) is 24.2 Å². The van der Waals surface area contributed by atoms with Gasteiger partial charge < -0.3 is 19.7 Å². The minimum absolute atomic E-state index is 0.0734. The Bertz CT molecular complexity index is 1910. The molecule has 1 aromatic heterocycles. The zero-order valence-electron chi connectivity index (χ0n) is 29.0. The molecule has 2 amide bonds. The lowest BCUT2D eigenvalue weighted by molar-refractivity contribution is -0.164. The molecule has 3 aromatic carbocycles. The maximum atomic E-state index is 14.5. The number of amides is 2. The largest absolute Gasteiger partial charge is 0.460 e. The van der Waals surface area contributed by atoms with E-state index >= 15 is 0 Å². The van der Waals surface area contributed by atoms with Gasteiger partial charge in [0.05, 0.1) is 17.2 Å². The maximum absolute atomic E-state index is 14.5. The van der Waals surface area contributed by atoms with Crippen LogP contribution in [-0.2, 0) is 20.9 Å². The number of rotatable bonds is 12. The van der Waals surface area contributed by atoms with Gasteiger partial charge in [0.2, 0.25) is 5.91 Å². The van der Waals surface area contributed by atoms with Crippen molar-refractivity contribution in [1.29, 1.82) is 0 Å². The molecule has 50 heavy (non-hydrogen) atoms. The van der Waals surface area contributed by atoms with Gasteiger partial charge in [0.15, 0.2) is 5.75 Å². The number of H-pyrrole nitrogens is 1. The van der Waals surface area contributed by atoms with Gasteiger partial charge in [-0.1, -0.05) is 56.3 Å². The third-order valence-corrected chi connectivity index (χ3v) is 9.66. The highest BCUT2D eigenvalue weighted by Gasteiger charge is 2.53. The summed E-state index contributed by atoms with van der Waals surface area (Å²) in [6, 6.07) is 19.8. The summed E-state index contributed by atoms with van der Waals surface area (Å²) >= 11 is 0. The Hall–Kier alpha value is -5.32. The van der Waals surface area contributed by atoms with Crippen molar-refractivity contribution in [2.24, 2.45) is 5.41 Å². The number of nitrogens with zero attached hydrogens (tertiary/aromatic N) is 2. The van der Waals surface area contributed by atoms with Crippen molar-refractivity contribution in [3.05, 3.63) is 123 Å². The van der Waals surface area contributed by atoms with Crippen LogP contribution in [0, 0.1) is 25.1 Å². The Morgan fingerprint density at radius 2 is 1.72 bits per heavy atom. The van der Waals surface area contributed by atoms with Gasteiger partial charge in [-0.2, -0.15) is 5.10 Å². The van der Waals surface area contributed by atoms with Gasteiger partial charge in [-0.3, -0.25) is 19.2 Å². The van der Waals surface area contributed by atoms with Crippen LogP contribution in [0.1, 0.15) is 85.2 Å². The summed E-state index contributed by atoms with van der Waals surface area (Å²) in [4.78, 5) is 55.8. The lowest BCUT2D eigenvalue weighted by atomic mass is 9.74. The molecule has 0 bridgehead atoms. The van der Waals surface area contributed by atoms with Crippen LogP contribution in [0.3, 0.4) is 0 Å². The summed E-state index contributed by atoms with van der Waals surface area (Å²) < 4.78 is 26.2. The maximum Gasteiger partial charge on any atom is 0.314 e. The molecule has 0 radical (unpaired) electrons. The Balaban J connectivity index is 1.39. The van der Waals surface area contributed by atoms with E-state index in [2.05, 4.69) is 15.5 Å². The zero-order chi connectivity index (χ0) is 36.0. The molecule has 0 aliphatic carbocycles. The highest BCUT2D eigenvalue weighted by molar-refractivity contribution is 5.98. The number of likely N-dealkylation sites (tertiary alicyclic amines) is 1. The van der Waals surface area contributed by atoms with E-state index in [1.807, 2.05) is 44.2 Å². The van der Waals surface area contributed by atoms with Gasteiger partial charge in [-0.25, -0.2) is 9.49 Å². The monoisotopic (exact) mass is 682 g/mol. The van der Waals surface area contributed by atoms with Gasteiger partial charge in [0, 0.05) is 17.7 Å². The molecule has 2 N–H and O–H groups in total. The predicted molar refractivity (Wildman–Crippen MR) is 186 cm³/mol. The fourth-order valence-electron chi connectivity index (χ4n) is 6.86. The summed E-state index contributed by atoms with van der Waals surface area (Å²) in [6.07, 6.45) is 1.84. The van der Waals surface area contributed by atoms with E-state index in [9.17, 15) is 23.6 Å². The molecule has 10 nitrogen and oxygen atoms in total. The van der Waals surface area contributed by atoms with Crippen molar-refractivity contribution in [2.45, 2.75) is 85.0 Å². The molecule has 11 heteroatoms. The predicted octanol–water partition coefficient (Wildman–Crippen LogP) is 6.72. The van der Waals surface area contributed by atoms with Gasteiger partial charge in [0.25, 0.3) is 5.91 Å². The van der Waals surface area contributed by atoms with E-state index in [4.69, 9.17) is 9.47 Å². The Morgan fingerprint density at radius 1 is 0.980 bits per heavy atom. The number of esters is 1. The summed E-state index contributed by atoms with van der Waals surface area (Å²) in [7, 11) is 0. The minimum Gasteiger partial charge on any atom is -0.460 e. The summed E-state index contributed by atoms with van der Waals surface area (Å²) in [5.74, 6) is -1.24. The molecule has 5 rings (SSSR count). The van der Waals surface area contributed by atoms with Gasteiger partial charge in [-0.05, 0) is 93.5 Å².